The lowest BCUT2D eigenvalue weighted by Gasteiger charge is -2.25. The molecule has 0 aromatic heterocycles. The van der Waals surface area contributed by atoms with Crippen molar-refractivity contribution in [3.63, 3.8) is 0 Å². The number of hydrogen-bond donors (Lipinski definition) is 1. The molecule has 0 fully saturated rings. The van der Waals surface area contributed by atoms with Gasteiger partial charge in [0.2, 0.25) is 0 Å². The molecule has 1 aromatic carbocycles. The van der Waals surface area contributed by atoms with Crippen LogP contribution in [0.3, 0.4) is 0 Å². The van der Waals surface area contributed by atoms with Crippen LogP contribution < -0.4 is 5.32 Å². The molecule has 0 aliphatic carbocycles. The summed E-state index contributed by atoms with van der Waals surface area (Å²) in [6, 6.07) is 10.4. The standard InChI is InChI=1S/C14H14N2/c1-11-6-5-9-14-15-13(10-16(11)14)12-7-3-2-4-8-12/h2-10,14-15H,1H3. The first-order valence-electron chi connectivity index (χ1n) is 5.52. The van der Waals surface area contributed by atoms with Gasteiger partial charge in [0.1, 0.15) is 6.17 Å². The minimum absolute atomic E-state index is 0.278. The molecule has 2 nitrogen and oxygen atoms in total. The summed E-state index contributed by atoms with van der Waals surface area (Å²) in [5.74, 6) is 0. The minimum atomic E-state index is 0.278. The van der Waals surface area contributed by atoms with Gasteiger partial charge < -0.3 is 10.2 Å². The third-order valence-corrected chi connectivity index (χ3v) is 2.99. The summed E-state index contributed by atoms with van der Waals surface area (Å²) >= 11 is 0. The Hall–Kier alpha value is -1.96. The van der Waals surface area contributed by atoms with Gasteiger partial charge in [-0.3, -0.25) is 0 Å². The van der Waals surface area contributed by atoms with Gasteiger partial charge in [0.25, 0.3) is 0 Å². The van der Waals surface area contributed by atoms with E-state index in [1.54, 1.807) is 0 Å². The maximum absolute atomic E-state index is 3.50. The second-order valence-electron chi connectivity index (χ2n) is 4.10. The van der Waals surface area contributed by atoms with Crippen LogP contribution in [0.2, 0.25) is 0 Å². The van der Waals surface area contributed by atoms with Crippen LogP contribution >= 0.6 is 0 Å². The molecule has 80 valence electrons. The molecular weight excluding hydrogens is 196 g/mol. The Labute approximate surface area is 95.6 Å². The highest BCUT2D eigenvalue weighted by Crippen LogP contribution is 2.26. The predicted octanol–water partition coefficient (Wildman–Crippen LogP) is 2.69. The fourth-order valence-electron chi connectivity index (χ4n) is 2.11. The maximum atomic E-state index is 3.50. The van der Waals surface area contributed by atoms with E-state index in [1.807, 2.05) is 6.07 Å². The van der Waals surface area contributed by atoms with Crippen LogP contribution in [-0.2, 0) is 0 Å². The second-order valence-corrected chi connectivity index (χ2v) is 4.10. The van der Waals surface area contributed by atoms with Crippen LogP contribution in [0.25, 0.3) is 5.70 Å². The smallest absolute Gasteiger partial charge is 0.123 e. The number of fused-ring (bicyclic) bond motifs is 1. The molecule has 1 aromatic rings. The summed E-state index contributed by atoms with van der Waals surface area (Å²) in [6.45, 7) is 2.13. The van der Waals surface area contributed by atoms with Crippen LogP contribution in [0, 0.1) is 0 Å². The molecule has 16 heavy (non-hydrogen) atoms. The molecule has 0 radical (unpaired) electrons. The van der Waals surface area contributed by atoms with Crippen LogP contribution in [-0.4, -0.2) is 11.1 Å². The molecule has 1 atom stereocenters. The van der Waals surface area contributed by atoms with Crippen LogP contribution in [0.4, 0.5) is 0 Å². The summed E-state index contributed by atoms with van der Waals surface area (Å²) < 4.78 is 0. The molecule has 0 amide bonds. The van der Waals surface area contributed by atoms with Gasteiger partial charge in [-0.1, -0.05) is 36.4 Å². The first-order valence-corrected chi connectivity index (χ1v) is 5.52. The van der Waals surface area contributed by atoms with E-state index in [1.165, 1.54) is 17.0 Å². The number of hydrogen-bond acceptors (Lipinski definition) is 2. The maximum Gasteiger partial charge on any atom is 0.123 e. The fraction of sp³-hybridized carbons (Fsp3) is 0.143. The third-order valence-electron chi connectivity index (χ3n) is 2.99. The van der Waals surface area contributed by atoms with E-state index in [4.69, 9.17) is 0 Å². The third kappa shape index (κ3) is 1.43. The zero-order chi connectivity index (χ0) is 11.0. The molecule has 0 saturated carbocycles. The van der Waals surface area contributed by atoms with Crippen molar-refractivity contribution in [2.24, 2.45) is 0 Å². The molecule has 0 saturated heterocycles. The zero-order valence-electron chi connectivity index (χ0n) is 9.22. The molecular formula is C14H14N2. The number of rotatable bonds is 1. The second kappa shape index (κ2) is 3.56. The summed E-state index contributed by atoms with van der Waals surface area (Å²) in [7, 11) is 0. The van der Waals surface area contributed by atoms with E-state index in [2.05, 4.69) is 65.8 Å². The highest BCUT2D eigenvalue weighted by molar-refractivity contribution is 5.66. The number of nitrogens with zero attached hydrogens (tertiary/aromatic N) is 1. The van der Waals surface area contributed by atoms with Crippen molar-refractivity contribution < 1.29 is 0 Å². The Balaban J connectivity index is 1.94. The van der Waals surface area contributed by atoms with Crippen molar-refractivity contribution in [1.82, 2.24) is 10.2 Å². The molecule has 0 spiro atoms. The summed E-state index contributed by atoms with van der Waals surface area (Å²) in [5.41, 5.74) is 3.69. The van der Waals surface area contributed by atoms with Gasteiger partial charge in [0.05, 0.1) is 5.70 Å². The average Bonchev–Trinajstić information content (AvgIpc) is 2.76. The van der Waals surface area contributed by atoms with Gasteiger partial charge in [-0.15, -0.1) is 0 Å². The van der Waals surface area contributed by atoms with Crippen molar-refractivity contribution in [2.45, 2.75) is 13.1 Å². The topological polar surface area (TPSA) is 15.3 Å². The Morgan fingerprint density at radius 1 is 1.19 bits per heavy atom. The molecule has 1 N–H and O–H groups in total. The average molecular weight is 210 g/mol. The summed E-state index contributed by atoms with van der Waals surface area (Å²) in [5, 5.41) is 3.50. The Bertz CT molecular complexity index is 483. The van der Waals surface area contributed by atoms with Gasteiger partial charge in [-0.25, -0.2) is 0 Å². The van der Waals surface area contributed by atoms with Crippen LogP contribution in [0.15, 0.2) is 60.5 Å². The number of benzene rings is 1. The van der Waals surface area contributed by atoms with Crippen molar-refractivity contribution in [2.75, 3.05) is 0 Å². The van der Waals surface area contributed by atoms with Gasteiger partial charge in [0.15, 0.2) is 0 Å². The summed E-state index contributed by atoms with van der Waals surface area (Å²) in [6.07, 6.45) is 8.85. The predicted molar refractivity (Wildman–Crippen MR) is 66.1 cm³/mol. The van der Waals surface area contributed by atoms with Gasteiger partial charge >= 0.3 is 0 Å². The van der Waals surface area contributed by atoms with Crippen molar-refractivity contribution in [3.8, 4) is 0 Å². The largest absolute Gasteiger partial charge is 0.360 e. The SMILES string of the molecule is CC1=CC=CC2NC(c3ccccc3)=CN12. The highest BCUT2D eigenvalue weighted by Gasteiger charge is 2.24. The lowest BCUT2D eigenvalue weighted by Crippen LogP contribution is -2.34. The lowest BCUT2D eigenvalue weighted by molar-refractivity contribution is 0.395. The van der Waals surface area contributed by atoms with E-state index in [-0.39, 0.29) is 6.17 Å². The molecule has 0 bridgehead atoms. The van der Waals surface area contributed by atoms with Crippen LogP contribution in [0.5, 0.6) is 0 Å². The van der Waals surface area contributed by atoms with E-state index < -0.39 is 0 Å². The molecule has 1 unspecified atom stereocenters. The normalized spacial score (nSPS) is 22.3. The fourth-order valence-corrected chi connectivity index (χ4v) is 2.11. The number of nitrogens with one attached hydrogen (secondary N) is 1. The van der Waals surface area contributed by atoms with Gasteiger partial charge in [-0.05, 0) is 24.6 Å². The van der Waals surface area contributed by atoms with Gasteiger partial charge in [0, 0.05) is 11.9 Å². The van der Waals surface area contributed by atoms with Crippen LogP contribution in [0.1, 0.15) is 12.5 Å². The Morgan fingerprint density at radius 2 is 2.00 bits per heavy atom. The quantitative estimate of drug-likeness (QED) is 0.766. The van der Waals surface area contributed by atoms with E-state index in [0.29, 0.717) is 0 Å². The van der Waals surface area contributed by atoms with E-state index in [0.717, 1.165) is 0 Å². The molecule has 3 rings (SSSR count). The minimum Gasteiger partial charge on any atom is -0.360 e. The first-order chi connectivity index (χ1) is 7.84. The number of allylic oxidation sites excluding steroid dienone is 3. The van der Waals surface area contributed by atoms with Crippen molar-refractivity contribution in [3.05, 3.63) is 66.0 Å². The monoisotopic (exact) mass is 210 g/mol. The zero-order valence-corrected chi connectivity index (χ0v) is 9.22. The Kier molecular flexibility index (Phi) is 2.07. The highest BCUT2D eigenvalue weighted by atomic mass is 15.3. The summed E-state index contributed by atoms with van der Waals surface area (Å²) in [4.78, 5) is 2.25. The van der Waals surface area contributed by atoms with Gasteiger partial charge in [-0.2, -0.15) is 0 Å². The van der Waals surface area contributed by atoms with E-state index in [9.17, 15) is 0 Å². The van der Waals surface area contributed by atoms with Crippen molar-refractivity contribution >= 4 is 5.70 Å². The molecule has 2 aliphatic heterocycles. The lowest BCUT2D eigenvalue weighted by atomic mass is 10.2. The first kappa shape index (κ1) is 9.28. The molecule has 2 aliphatic rings. The Morgan fingerprint density at radius 3 is 2.75 bits per heavy atom. The van der Waals surface area contributed by atoms with Crippen molar-refractivity contribution in [1.29, 1.82) is 0 Å². The van der Waals surface area contributed by atoms with E-state index >= 15 is 0 Å². The molecule has 2 heteroatoms. The molecule has 2 heterocycles.